The predicted octanol–water partition coefficient (Wildman–Crippen LogP) is 5.82. The number of hydrogen-bond donors (Lipinski definition) is 3. The van der Waals surface area contributed by atoms with E-state index in [2.05, 4.69) is 15.7 Å². The number of ether oxygens (including phenoxy) is 2. The summed E-state index contributed by atoms with van der Waals surface area (Å²) < 4.78 is 10.8. The molecule has 0 unspecified atom stereocenters. The van der Waals surface area contributed by atoms with Gasteiger partial charge in [0.15, 0.2) is 0 Å². The van der Waals surface area contributed by atoms with E-state index >= 15 is 0 Å². The van der Waals surface area contributed by atoms with Crippen LogP contribution in [0.25, 0.3) is 0 Å². The number of rotatable bonds is 9. The van der Waals surface area contributed by atoms with E-state index in [1.54, 1.807) is 44.3 Å². The molecule has 4 N–H and O–H groups in total. The van der Waals surface area contributed by atoms with Gasteiger partial charge in [-0.1, -0.05) is 31.2 Å². The minimum absolute atomic E-state index is 0.0625. The quantitative estimate of drug-likeness (QED) is 0.237. The first kappa shape index (κ1) is 28.8. The second kappa shape index (κ2) is 14.2. The van der Waals surface area contributed by atoms with Crippen LogP contribution < -0.4 is 30.8 Å². The van der Waals surface area contributed by atoms with Crippen molar-refractivity contribution in [3.8, 4) is 11.5 Å². The summed E-state index contributed by atoms with van der Waals surface area (Å²) >= 11 is 0. The van der Waals surface area contributed by atoms with Gasteiger partial charge in [-0.2, -0.15) is 10.1 Å². The van der Waals surface area contributed by atoms with Crippen molar-refractivity contribution in [3.05, 3.63) is 84.6 Å². The minimum Gasteiger partial charge on any atom is -0.492 e. The summed E-state index contributed by atoms with van der Waals surface area (Å²) in [4.78, 5) is 24.4. The van der Waals surface area contributed by atoms with E-state index in [0.29, 0.717) is 53.7 Å². The van der Waals surface area contributed by atoms with E-state index < -0.39 is 0 Å². The Labute approximate surface area is 229 Å². The molecule has 4 rings (SSSR count). The predicted molar refractivity (Wildman–Crippen MR) is 157 cm³/mol. The van der Waals surface area contributed by atoms with Crippen LogP contribution in [0.2, 0.25) is 0 Å². The van der Waals surface area contributed by atoms with Gasteiger partial charge >= 0.3 is 0 Å². The molecular weight excluding hydrogens is 494 g/mol. The van der Waals surface area contributed by atoms with Gasteiger partial charge in [0.05, 0.1) is 41.6 Å². The fraction of sp³-hybridized carbons (Fsp3) is 0.233. The van der Waals surface area contributed by atoms with Gasteiger partial charge in [-0.3, -0.25) is 9.59 Å². The van der Waals surface area contributed by atoms with Gasteiger partial charge in [-0.05, 0) is 69.3 Å². The van der Waals surface area contributed by atoms with Gasteiger partial charge in [0, 0.05) is 18.3 Å². The number of carbonyl (C=O) groups excluding carboxylic acids is 2. The summed E-state index contributed by atoms with van der Waals surface area (Å²) in [5, 5.41) is 11.7. The average Bonchev–Trinajstić information content (AvgIpc) is 3.23. The van der Waals surface area contributed by atoms with Crippen LogP contribution in [0, 0.1) is 0 Å². The second-order valence-electron chi connectivity index (χ2n) is 8.35. The van der Waals surface area contributed by atoms with Crippen LogP contribution in [0.3, 0.4) is 0 Å². The lowest BCUT2D eigenvalue weighted by Crippen LogP contribution is -2.21. The molecule has 0 atom stereocenters. The molecule has 3 aromatic rings. The van der Waals surface area contributed by atoms with Gasteiger partial charge in [-0.15, -0.1) is 0 Å². The summed E-state index contributed by atoms with van der Waals surface area (Å²) in [6, 6.07) is 22.0. The molecule has 0 spiro atoms. The summed E-state index contributed by atoms with van der Waals surface area (Å²) in [6.45, 7) is 8.65. The largest absolute Gasteiger partial charge is 0.492 e. The van der Waals surface area contributed by atoms with Crippen molar-refractivity contribution < 1.29 is 19.1 Å². The molecule has 9 heteroatoms. The van der Waals surface area contributed by atoms with Crippen LogP contribution in [0.5, 0.6) is 11.5 Å². The molecule has 0 fully saturated rings. The maximum absolute atomic E-state index is 12.9. The lowest BCUT2D eigenvalue weighted by molar-refractivity contribution is -0.116. The monoisotopic (exact) mass is 529 g/mol. The van der Waals surface area contributed by atoms with E-state index in [0.717, 1.165) is 11.4 Å². The number of para-hydroxylation sites is 4. The summed E-state index contributed by atoms with van der Waals surface area (Å²) in [6.07, 6.45) is 2.05. The molecule has 0 aliphatic carbocycles. The van der Waals surface area contributed by atoms with Gasteiger partial charge in [-0.25, -0.2) is 0 Å². The van der Waals surface area contributed by atoms with Gasteiger partial charge < -0.3 is 25.8 Å². The van der Waals surface area contributed by atoms with E-state index in [4.69, 9.17) is 15.2 Å². The fourth-order valence-electron chi connectivity index (χ4n) is 3.58. The lowest BCUT2D eigenvalue weighted by Gasteiger charge is -2.13. The lowest BCUT2D eigenvalue weighted by atomic mass is 10.2. The standard InChI is InChI=1S/C22H24N4O3.C8H11NO/c1-4-21(27)24-16-10-12-17(13-11-16)26-22(28)18(15(3)25-26)14-23-19-8-6-7-9-20(19)29-5-2;1-2-10-8-6-4-3-5-7(8)9/h6-14,23H,4-5H2,1-3H3,(H,24,27);3-6H,2,9H2,1H3/b18-14-;. The zero-order chi connectivity index (χ0) is 28.2. The van der Waals surface area contributed by atoms with E-state index in [1.165, 1.54) is 5.01 Å². The van der Waals surface area contributed by atoms with Crippen molar-refractivity contribution in [2.24, 2.45) is 5.10 Å². The maximum Gasteiger partial charge on any atom is 0.282 e. The van der Waals surface area contributed by atoms with Gasteiger partial charge in [0.25, 0.3) is 5.91 Å². The first-order chi connectivity index (χ1) is 18.9. The molecule has 0 saturated carbocycles. The number of hydrogen-bond acceptors (Lipinski definition) is 7. The molecule has 204 valence electrons. The molecule has 0 bridgehead atoms. The highest BCUT2D eigenvalue weighted by atomic mass is 16.5. The van der Waals surface area contributed by atoms with Crippen LogP contribution >= 0.6 is 0 Å². The Morgan fingerprint density at radius 3 is 2.18 bits per heavy atom. The van der Waals surface area contributed by atoms with Gasteiger partial charge in [0.2, 0.25) is 5.91 Å². The number of nitrogens with two attached hydrogens (primary N) is 1. The first-order valence-electron chi connectivity index (χ1n) is 12.8. The number of nitrogens with zero attached hydrogens (tertiary/aromatic N) is 2. The Morgan fingerprint density at radius 1 is 0.923 bits per heavy atom. The Balaban J connectivity index is 0.000000353. The fourth-order valence-corrected chi connectivity index (χ4v) is 3.58. The third-order valence-corrected chi connectivity index (χ3v) is 5.56. The Bertz CT molecular complexity index is 1340. The van der Waals surface area contributed by atoms with Crippen molar-refractivity contribution in [1.29, 1.82) is 0 Å². The third-order valence-electron chi connectivity index (χ3n) is 5.56. The number of hydrazone groups is 1. The highest BCUT2D eigenvalue weighted by Crippen LogP contribution is 2.27. The molecule has 0 saturated heterocycles. The van der Waals surface area contributed by atoms with Crippen LogP contribution in [0.1, 0.15) is 34.1 Å². The van der Waals surface area contributed by atoms with Crippen LogP contribution in [-0.4, -0.2) is 30.7 Å². The molecule has 9 nitrogen and oxygen atoms in total. The molecule has 39 heavy (non-hydrogen) atoms. The van der Waals surface area contributed by atoms with Crippen molar-refractivity contribution in [3.63, 3.8) is 0 Å². The minimum atomic E-state index is -0.228. The zero-order valence-electron chi connectivity index (χ0n) is 22.7. The number of anilines is 4. The van der Waals surface area contributed by atoms with Crippen molar-refractivity contribution in [2.45, 2.75) is 34.1 Å². The van der Waals surface area contributed by atoms with Crippen molar-refractivity contribution >= 4 is 40.3 Å². The number of amides is 2. The Hall–Kier alpha value is -4.79. The summed E-state index contributed by atoms with van der Waals surface area (Å²) in [5.41, 5.74) is 9.44. The molecule has 0 radical (unpaired) electrons. The number of benzene rings is 3. The summed E-state index contributed by atoms with van der Waals surface area (Å²) in [7, 11) is 0. The number of nitrogen functional groups attached to an aromatic ring is 1. The van der Waals surface area contributed by atoms with Crippen LogP contribution in [0.15, 0.2) is 89.7 Å². The highest BCUT2D eigenvalue weighted by Gasteiger charge is 2.28. The Kier molecular flexibility index (Phi) is 10.5. The average molecular weight is 530 g/mol. The van der Waals surface area contributed by atoms with Crippen LogP contribution in [-0.2, 0) is 9.59 Å². The summed E-state index contributed by atoms with van der Waals surface area (Å²) in [5.74, 6) is 1.19. The third kappa shape index (κ3) is 7.85. The first-order valence-corrected chi connectivity index (χ1v) is 12.8. The zero-order valence-corrected chi connectivity index (χ0v) is 22.7. The molecular formula is C30H35N5O4. The topological polar surface area (TPSA) is 118 Å². The van der Waals surface area contributed by atoms with E-state index in [-0.39, 0.29) is 11.8 Å². The molecule has 3 aromatic carbocycles. The van der Waals surface area contributed by atoms with E-state index in [1.807, 2.05) is 62.4 Å². The van der Waals surface area contributed by atoms with Crippen LogP contribution in [0.4, 0.5) is 22.7 Å². The Morgan fingerprint density at radius 2 is 1.54 bits per heavy atom. The van der Waals surface area contributed by atoms with Gasteiger partial charge in [0.1, 0.15) is 11.5 Å². The SMILES string of the molecule is CCOc1ccccc1N.CCOc1ccccc1N/C=C1\C(=O)N(c2ccc(NC(=O)CC)cc2)N=C1C. The van der Waals surface area contributed by atoms with E-state index in [9.17, 15) is 9.59 Å². The highest BCUT2D eigenvalue weighted by molar-refractivity contribution is 6.29. The van der Waals surface area contributed by atoms with Crippen molar-refractivity contribution in [2.75, 3.05) is 34.6 Å². The van der Waals surface area contributed by atoms with Crippen molar-refractivity contribution in [1.82, 2.24) is 0 Å². The normalized spacial score (nSPS) is 13.3. The second-order valence-corrected chi connectivity index (χ2v) is 8.35. The molecule has 1 aliphatic rings. The maximum atomic E-state index is 12.9. The molecule has 1 heterocycles. The molecule has 0 aromatic heterocycles. The molecule has 2 amide bonds. The molecule has 1 aliphatic heterocycles. The number of carbonyl (C=O) groups is 2. The number of nitrogens with one attached hydrogen (secondary N) is 2. The smallest absolute Gasteiger partial charge is 0.282 e.